The zero-order valence-corrected chi connectivity index (χ0v) is 21.2. The van der Waals surface area contributed by atoms with Crippen LogP contribution < -0.4 is 10.6 Å². The van der Waals surface area contributed by atoms with Crippen molar-refractivity contribution in [3.8, 4) is 0 Å². The Labute approximate surface area is 222 Å². The number of nitrogens with zero attached hydrogens (tertiary/aromatic N) is 3. The van der Waals surface area contributed by atoms with Gasteiger partial charge in [-0.25, -0.2) is 14.8 Å². The van der Waals surface area contributed by atoms with Crippen LogP contribution in [0, 0.1) is 11.8 Å². The molecule has 1 aliphatic heterocycles. The van der Waals surface area contributed by atoms with Crippen LogP contribution in [-0.4, -0.2) is 56.8 Å². The second-order valence-corrected chi connectivity index (χ2v) is 9.98. The van der Waals surface area contributed by atoms with Crippen molar-refractivity contribution in [3.63, 3.8) is 0 Å². The van der Waals surface area contributed by atoms with E-state index in [0.717, 1.165) is 25.9 Å². The number of hydrogen-bond acceptors (Lipinski definition) is 7. The summed E-state index contributed by atoms with van der Waals surface area (Å²) in [6, 6.07) is 5.69. The summed E-state index contributed by atoms with van der Waals surface area (Å²) in [5.41, 5.74) is -0.0966. The number of furan rings is 1. The largest absolute Gasteiger partial charge is 0.477 e. The number of carboxylic acids is 1. The molecule has 1 aliphatic carbocycles. The van der Waals surface area contributed by atoms with Crippen molar-refractivity contribution in [2.75, 3.05) is 23.7 Å². The van der Waals surface area contributed by atoms with E-state index in [9.17, 15) is 24.3 Å². The summed E-state index contributed by atoms with van der Waals surface area (Å²) in [6.07, 6.45) is 5.69. The van der Waals surface area contributed by atoms with Crippen LogP contribution in [0.1, 0.15) is 59.6 Å². The zero-order chi connectivity index (χ0) is 26.8. The van der Waals surface area contributed by atoms with Gasteiger partial charge in [-0.05, 0) is 62.8 Å². The molecule has 3 N–H and O–H groups in total. The lowest BCUT2D eigenvalue weighted by Crippen LogP contribution is -2.37. The van der Waals surface area contributed by atoms with E-state index in [0.29, 0.717) is 30.7 Å². The number of fused-ring (bicyclic) bond motifs is 1. The van der Waals surface area contributed by atoms with E-state index in [1.807, 2.05) is 4.90 Å². The Hall–Kier alpha value is -3.99. The third kappa shape index (κ3) is 5.33. The summed E-state index contributed by atoms with van der Waals surface area (Å²) >= 11 is 5.86. The van der Waals surface area contributed by atoms with E-state index in [4.69, 9.17) is 16.0 Å². The molecule has 11 nitrogen and oxygen atoms in total. The Balaban J connectivity index is 1.36. The van der Waals surface area contributed by atoms with E-state index in [-0.39, 0.29) is 57.7 Å². The fourth-order valence-corrected chi connectivity index (χ4v) is 5.13. The molecule has 0 bridgehead atoms. The molecule has 0 atom stereocenters. The molecule has 0 radical (unpaired) electrons. The van der Waals surface area contributed by atoms with Gasteiger partial charge >= 0.3 is 5.97 Å². The van der Waals surface area contributed by atoms with Crippen LogP contribution in [-0.2, 0) is 9.59 Å². The summed E-state index contributed by atoms with van der Waals surface area (Å²) in [6.45, 7) is 1.60. The number of carbonyl (C=O) groups is 4. The van der Waals surface area contributed by atoms with Gasteiger partial charge < -0.3 is 25.1 Å². The smallest absolute Gasteiger partial charge is 0.354 e. The van der Waals surface area contributed by atoms with Crippen LogP contribution in [0.5, 0.6) is 0 Å². The van der Waals surface area contributed by atoms with Gasteiger partial charge in [0.15, 0.2) is 5.58 Å². The van der Waals surface area contributed by atoms with Crippen molar-refractivity contribution < 1.29 is 28.7 Å². The third-order valence-electron chi connectivity index (χ3n) is 7.04. The van der Waals surface area contributed by atoms with E-state index in [1.165, 1.54) is 24.4 Å². The molecule has 3 aromatic heterocycles. The van der Waals surface area contributed by atoms with Crippen molar-refractivity contribution >= 4 is 57.9 Å². The lowest BCUT2D eigenvalue weighted by atomic mass is 9.81. The topological polar surface area (TPSA) is 155 Å². The second kappa shape index (κ2) is 10.8. The predicted octanol–water partition coefficient (Wildman–Crippen LogP) is 4.19. The van der Waals surface area contributed by atoms with Crippen LogP contribution in [0.3, 0.4) is 0 Å². The van der Waals surface area contributed by atoms with Crippen LogP contribution in [0.25, 0.3) is 11.1 Å². The van der Waals surface area contributed by atoms with Gasteiger partial charge in [0.2, 0.25) is 17.6 Å². The normalized spacial score (nSPS) is 19.3. The van der Waals surface area contributed by atoms with Gasteiger partial charge in [-0.3, -0.25) is 14.4 Å². The number of carbonyl (C=O) groups excluding carboxylic acids is 3. The second-order valence-electron chi connectivity index (χ2n) is 9.54. The quantitative estimate of drug-likeness (QED) is 0.421. The van der Waals surface area contributed by atoms with Crippen LogP contribution in [0.15, 0.2) is 34.9 Å². The standard InChI is InChI=1S/C26H26ClN5O6/c27-16-7-10-19(28-13-16)30-24(34)22-21(20-18(38-22)9-8-17(29-20)26(36)37)31-23(33)14-3-5-15(6-4-14)25(35)32-11-1-2-12-32/h7-10,13-15H,1-6,11-12H2,(H,31,33)(H,36,37)(H,28,30,34)/t14-,15-. The molecular weight excluding hydrogens is 514 g/mol. The lowest BCUT2D eigenvalue weighted by Gasteiger charge is -2.29. The highest BCUT2D eigenvalue weighted by atomic mass is 35.5. The highest BCUT2D eigenvalue weighted by Gasteiger charge is 2.34. The van der Waals surface area contributed by atoms with Gasteiger partial charge in [0.25, 0.3) is 5.91 Å². The lowest BCUT2D eigenvalue weighted by molar-refractivity contribution is -0.136. The Morgan fingerprint density at radius 2 is 1.68 bits per heavy atom. The average molecular weight is 540 g/mol. The molecule has 1 saturated carbocycles. The highest BCUT2D eigenvalue weighted by Crippen LogP contribution is 2.35. The first kappa shape index (κ1) is 25.7. The molecule has 198 valence electrons. The Morgan fingerprint density at radius 1 is 0.974 bits per heavy atom. The van der Waals surface area contributed by atoms with Gasteiger partial charge in [0.1, 0.15) is 22.7 Å². The highest BCUT2D eigenvalue weighted by molar-refractivity contribution is 6.30. The molecule has 3 amide bonds. The number of amides is 3. The minimum Gasteiger partial charge on any atom is -0.477 e. The number of aromatic nitrogens is 2. The zero-order valence-electron chi connectivity index (χ0n) is 20.4. The fourth-order valence-electron chi connectivity index (χ4n) is 5.02. The first-order valence-corrected chi connectivity index (χ1v) is 12.9. The number of anilines is 2. The summed E-state index contributed by atoms with van der Waals surface area (Å²) in [5, 5.41) is 15.1. The van der Waals surface area contributed by atoms with Gasteiger partial charge in [-0.1, -0.05) is 11.6 Å². The molecule has 2 aliphatic rings. The van der Waals surface area contributed by atoms with Crippen molar-refractivity contribution in [1.82, 2.24) is 14.9 Å². The van der Waals surface area contributed by atoms with Gasteiger partial charge in [-0.15, -0.1) is 0 Å². The molecule has 2 fully saturated rings. The molecule has 3 aromatic rings. The summed E-state index contributed by atoms with van der Waals surface area (Å²) in [5.74, 6) is -2.63. The average Bonchev–Trinajstić information content (AvgIpc) is 3.58. The number of carboxylic acid groups (broad SMARTS) is 1. The molecule has 38 heavy (non-hydrogen) atoms. The number of pyridine rings is 2. The van der Waals surface area contributed by atoms with Gasteiger partial charge in [-0.2, -0.15) is 0 Å². The maximum atomic E-state index is 13.3. The van der Waals surface area contributed by atoms with Gasteiger partial charge in [0.05, 0.1) is 5.02 Å². The molecule has 0 spiro atoms. The maximum Gasteiger partial charge on any atom is 0.354 e. The molecule has 5 rings (SSSR count). The van der Waals surface area contributed by atoms with E-state index in [1.54, 1.807) is 6.07 Å². The van der Waals surface area contributed by atoms with Crippen LogP contribution >= 0.6 is 11.6 Å². The Bertz CT molecular complexity index is 1390. The Kier molecular flexibility index (Phi) is 7.28. The maximum absolute atomic E-state index is 13.3. The first-order valence-electron chi connectivity index (χ1n) is 12.5. The molecule has 4 heterocycles. The first-order chi connectivity index (χ1) is 18.3. The minimum absolute atomic E-state index is 0.0187. The summed E-state index contributed by atoms with van der Waals surface area (Å²) in [4.78, 5) is 60.7. The number of aromatic carboxylic acids is 1. The number of rotatable bonds is 6. The van der Waals surface area contributed by atoms with Crippen LogP contribution in [0.4, 0.5) is 11.5 Å². The van der Waals surface area contributed by atoms with Crippen molar-refractivity contribution in [3.05, 3.63) is 46.9 Å². The third-order valence-corrected chi connectivity index (χ3v) is 7.27. The van der Waals surface area contributed by atoms with Crippen molar-refractivity contribution in [2.45, 2.75) is 38.5 Å². The van der Waals surface area contributed by atoms with Crippen LogP contribution in [0.2, 0.25) is 5.02 Å². The monoisotopic (exact) mass is 539 g/mol. The predicted molar refractivity (Wildman–Crippen MR) is 138 cm³/mol. The van der Waals surface area contributed by atoms with Gasteiger partial charge in [0, 0.05) is 31.1 Å². The number of nitrogens with one attached hydrogen (secondary N) is 2. The molecule has 0 aromatic carbocycles. The van der Waals surface area contributed by atoms with E-state index >= 15 is 0 Å². The number of likely N-dealkylation sites (tertiary alicyclic amines) is 1. The SMILES string of the molecule is O=C(O)c1ccc2oc(C(=O)Nc3ccc(Cl)cn3)c(NC(=O)[C@H]3CC[C@H](C(=O)N4CCCC4)CC3)c2n1. The van der Waals surface area contributed by atoms with E-state index in [2.05, 4.69) is 20.6 Å². The Morgan fingerprint density at radius 3 is 2.34 bits per heavy atom. The fraction of sp³-hybridized carbons (Fsp3) is 0.385. The number of halogens is 1. The summed E-state index contributed by atoms with van der Waals surface area (Å²) in [7, 11) is 0. The summed E-state index contributed by atoms with van der Waals surface area (Å²) < 4.78 is 5.70. The molecule has 1 saturated heterocycles. The number of hydrogen-bond donors (Lipinski definition) is 3. The van der Waals surface area contributed by atoms with Crippen molar-refractivity contribution in [2.24, 2.45) is 11.8 Å². The molecular formula is C26H26ClN5O6. The molecule has 0 unspecified atom stereocenters. The van der Waals surface area contributed by atoms with Crippen molar-refractivity contribution in [1.29, 1.82) is 0 Å². The van der Waals surface area contributed by atoms with E-state index < -0.39 is 11.9 Å². The minimum atomic E-state index is -1.26. The molecule has 12 heteroatoms.